The number of hydrogen-bond donors (Lipinski definition) is 1. The van der Waals surface area contributed by atoms with Crippen molar-refractivity contribution in [2.45, 2.75) is 12.5 Å². The van der Waals surface area contributed by atoms with Gasteiger partial charge in [-0.2, -0.15) is 0 Å². The monoisotopic (exact) mass is 307 g/mol. The molecule has 118 valence electrons. The first-order chi connectivity index (χ1) is 11.2. The summed E-state index contributed by atoms with van der Waals surface area (Å²) in [6.45, 7) is 0. The number of ether oxygens (including phenoxy) is 1. The molecule has 1 atom stereocenters. The fraction of sp³-hybridized carbons (Fsp3) is 0.211. The van der Waals surface area contributed by atoms with E-state index in [1.54, 1.807) is 7.11 Å². The van der Waals surface area contributed by atoms with Crippen LogP contribution in [-0.4, -0.2) is 16.7 Å². The van der Waals surface area contributed by atoms with Gasteiger partial charge < -0.3 is 15.0 Å². The molecule has 0 spiro atoms. The van der Waals surface area contributed by atoms with Crippen molar-refractivity contribution < 1.29 is 4.74 Å². The van der Waals surface area contributed by atoms with Crippen LogP contribution in [0.5, 0.6) is 5.75 Å². The molecule has 0 radical (unpaired) electrons. The van der Waals surface area contributed by atoms with E-state index in [0.717, 1.165) is 29.3 Å². The maximum Gasteiger partial charge on any atom is 0.126 e. The Kier molecular flexibility index (Phi) is 4.44. The lowest BCUT2D eigenvalue weighted by molar-refractivity contribution is 0.415. The van der Waals surface area contributed by atoms with Gasteiger partial charge in [-0.1, -0.05) is 30.3 Å². The zero-order valence-corrected chi connectivity index (χ0v) is 13.4. The lowest BCUT2D eigenvalue weighted by atomic mass is 10.1. The van der Waals surface area contributed by atoms with E-state index >= 15 is 0 Å². The predicted octanol–water partition coefficient (Wildman–Crippen LogP) is 3.34. The SMILES string of the molecule is COc1ccc(-c2cnc([C@@H](N)Cc3ccccc3)n2C)cc1. The van der Waals surface area contributed by atoms with Crippen molar-refractivity contribution in [1.29, 1.82) is 0 Å². The normalized spacial score (nSPS) is 12.1. The van der Waals surface area contributed by atoms with Crippen molar-refractivity contribution in [3.8, 4) is 17.0 Å². The van der Waals surface area contributed by atoms with Gasteiger partial charge in [0.2, 0.25) is 0 Å². The Morgan fingerprint density at radius 1 is 1.09 bits per heavy atom. The second-order valence-corrected chi connectivity index (χ2v) is 5.59. The van der Waals surface area contributed by atoms with Gasteiger partial charge in [-0.05, 0) is 36.2 Å². The van der Waals surface area contributed by atoms with Crippen molar-refractivity contribution in [2.24, 2.45) is 12.8 Å². The smallest absolute Gasteiger partial charge is 0.126 e. The molecule has 0 fully saturated rings. The average Bonchev–Trinajstić information content (AvgIpc) is 2.97. The molecule has 4 nitrogen and oxygen atoms in total. The molecule has 0 unspecified atom stereocenters. The number of imidazole rings is 1. The fourth-order valence-electron chi connectivity index (χ4n) is 2.76. The molecule has 0 saturated heterocycles. The zero-order valence-electron chi connectivity index (χ0n) is 13.4. The molecule has 4 heteroatoms. The summed E-state index contributed by atoms with van der Waals surface area (Å²) in [5.41, 5.74) is 9.72. The number of benzene rings is 2. The van der Waals surface area contributed by atoms with Gasteiger partial charge in [0.05, 0.1) is 25.0 Å². The predicted molar refractivity (Wildman–Crippen MR) is 92.3 cm³/mol. The minimum atomic E-state index is -0.130. The Morgan fingerprint density at radius 2 is 1.78 bits per heavy atom. The van der Waals surface area contributed by atoms with E-state index in [9.17, 15) is 0 Å². The van der Waals surface area contributed by atoms with Gasteiger partial charge in [0.15, 0.2) is 0 Å². The van der Waals surface area contributed by atoms with Crippen LogP contribution in [0.15, 0.2) is 60.8 Å². The maximum atomic E-state index is 6.36. The molecular formula is C19H21N3O. The maximum absolute atomic E-state index is 6.36. The lowest BCUT2D eigenvalue weighted by Gasteiger charge is -2.13. The van der Waals surface area contributed by atoms with Crippen LogP contribution in [0.25, 0.3) is 11.3 Å². The second kappa shape index (κ2) is 6.67. The topological polar surface area (TPSA) is 53.1 Å². The van der Waals surface area contributed by atoms with Crippen molar-refractivity contribution >= 4 is 0 Å². The van der Waals surface area contributed by atoms with Crippen molar-refractivity contribution in [3.05, 3.63) is 72.2 Å². The van der Waals surface area contributed by atoms with Gasteiger partial charge in [-0.25, -0.2) is 4.98 Å². The number of nitrogens with two attached hydrogens (primary N) is 1. The molecule has 0 amide bonds. The number of rotatable bonds is 5. The van der Waals surface area contributed by atoms with Crippen LogP contribution in [0.2, 0.25) is 0 Å². The summed E-state index contributed by atoms with van der Waals surface area (Å²) in [5, 5.41) is 0. The van der Waals surface area contributed by atoms with E-state index < -0.39 is 0 Å². The summed E-state index contributed by atoms with van der Waals surface area (Å²) in [5.74, 6) is 1.73. The zero-order chi connectivity index (χ0) is 16.2. The Hall–Kier alpha value is -2.59. The first-order valence-corrected chi connectivity index (χ1v) is 7.64. The van der Waals surface area contributed by atoms with E-state index in [4.69, 9.17) is 10.5 Å². The van der Waals surface area contributed by atoms with Gasteiger partial charge in [0.1, 0.15) is 11.6 Å². The van der Waals surface area contributed by atoms with Crippen LogP contribution >= 0.6 is 0 Å². The molecule has 23 heavy (non-hydrogen) atoms. The number of methoxy groups -OCH3 is 1. The molecule has 0 bridgehead atoms. The highest BCUT2D eigenvalue weighted by molar-refractivity contribution is 5.60. The lowest BCUT2D eigenvalue weighted by Crippen LogP contribution is -2.18. The van der Waals surface area contributed by atoms with Crippen molar-refractivity contribution in [2.75, 3.05) is 7.11 Å². The molecule has 2 aromatic carbocycles. The number of hydrogen-bond acceptors (Lipinski definition) is 3. The quantitative estimate of drug-likeness (QED) is 0.786. The third kappa shape index (κ3) is 3.27. The number of aromatic nitrogens is 2. The molecule has 0 aliphatic rings. The average molecular weight is 307 g/mol. The third-order valence-electron chi connectivity index (χ3n) is 4.04. The van der Waals surface area contributed by atoms with E-state index in [1.165, 1.54) is 5.56 Å². The Labute approximate surface area is 136 Å². The molecule has 0 aliphatic carbocycles. The first-order valence-electron chi connectivity index (χ1n) is 7.64. The molecule has 3 aromatic rings. The van der Waals surface area contributed by atoms with E-state index in [2.05, 4.69) is 21.7 Å². The van der Waals surface area contributed by atoms with Crippen LogP contribution in [0, 0.1) is 0 Å². The Morgan fingerprint density at radius 3 is 2.43 bits per heavy atom. The molecule has 1 heterocycles. The van der Waals surface area contributed by atoms with Crippen LogP contribution < -0.4 is 10.5 Å². The van der Waals surface area contributed by atoms with Crippen LogP contribution in [0.1, 0.15) is 17.4 Å². The van der Waals surface area contributed by atoms with Gasteiger partial charge in [-0.3, -0.25) is 0 Å². The summed E-state index contributed by atoms with van der Waals surface area (Å²) < 4.78 is 7.27. The minimum absolute atomic E-state index is 0.130. The summed E-state index contributed by atoms with van der Waals surface area (Å²) in [4.78, 5) is 4.54. The van der Waals surface area contributed by atoms with Crippen LogP contribution in [0.4, 0.5) is 0 Å². The molecule has 3 rings (SSSR count). The second-order valence-electron chi connectivity index (χ2n) is 5.59. The Bertz CT molecular complexity index is 763. The largest absolute Gasteiger partial charge is 0.497 e. The Balaban J connectivity index is 1.83. The molecule has 0 aliphatic heterocycles. The van der Waals surface area contributed by atoms with Gasteiger partial charge >= 0.3 is 0 Å². The van der Waals surface area contributed by atoms with Crippen molar-refractivity contribution in [1.82, 2.24) is 9.55 Å². The van der Waals surface area contributed by atoms with E-state index in [0.29, 0.717) is 0 Å². The number of nitrogens with zero attached hydrogens (tertiary/aromatic N) is 2. The highest BCUT2D eigenvalue weighted by Crippen LogP contribution is 2.25. The highest BCUT2D eigenvalue weighted by Gasteiger charge is 2.15. The van der Waals surface area contributed by atoms with Crippen LogP contribution in [0.3, 0.4) is 0 Å². The van der Waals surface area contributed by atoms with Gasteiger partial charge in [-0.15, -0.1) is 0 Å². The molecule has 1 aromatic heterocycles. The van der Waals surface area contributed by atoms with E-state index in [1.807, 2.05) is 55.7 Å². The minimum Gasteiger partial charge on any atom is -0.497 e. The third-order valence-corrected chi connectivity index (χ3v) is 4.04. The standard InChI is InChI=1S/C19H21N3O/c1-22-18(15-8-10-16(23-2)11-9-15)13-21-19(22)17(20)12-14-6-4-3-5-7-14/h3-11,13,17H,12,20H2,1-2H3/t17-/m0/s1. The van der Waals surface area contributed by atoms with Crippen LogP contribution in [-0.2, 0) is 13.5 Å². The molecular weight excluding hydrogens is 286 g/mol. The summed E-state index contributed by atoms with van der Waals surface area (Å²) >= 11 is 0. The first kappa shape index (κ1) is 15.3. The molecule has 0 saturated carbocycles. The van der Waals surface area contributed by atoms with Gasteiger partial charge in [0, 0.05) is 12.6 Å². The van der Waals surface area contributed by atoms with Gasteiger partial charge in [0.25, 0.3) is 0 Å². The van der Waals surface area contributed by atoms with E-state index in [-0.39, 0.29) is 6.04 Å². The summed E-state index contributed by atoms with van der Waals surface area (Å²) in [7, 11) is 3.67. The summed E-state index contributed by atoms with van der Waals surface area (Å²) in [6, 6.07) is 18.1. The molecule has 2 N–H and O–H groups in total. The summed E-state index contributed by atoms with van der Waals surface area (Å²) in [6.07, 6.45) is 2.65. The highest BCUT2D eigenvalue weighted by atomic mass is 16.5. The fourth-order valence-corrected chi connectivity index (χ4v) is 2.76. The van der Waals surface area contributed by atoms with Crippen molar-refractivity contribution in [3.63, 3.8) is 0 Å².